The molecule has 0 fully saturated rings. The summed E-state index contributed by atoms with van der Waals surface area (Å²) in [5.74, 6) is 0.620. The van der Waals surface area contributed by atoms with Crippen LogP contribution in [0.25, 0.3) is 11.1 Å². The summed E-state index contributed by atoms with van der Waals surface area (Å²) in [6, 6.07) is 4.28. The highest BCUT2D eigenvalue weighted by Crippen LogP contribution is 2.27. The van der Waals surface area contributed by atoms with Crippen molar-refractivity contribution in [2.45, 2.75) is 5.88 Å². The summed E-state index contributed by atoms with van der Waals surface area (Å²) in [4.78, 5) is 1.23. The maximum atomic E-state index is 5.71. The van der Waals surface area contributed by atoms with Gasteiger partial charge in [0.1, 0.15) is 0 Å². The number of alkyl halides is 1. The Morgan fingerprint density at radius 2 is 2.17 bits per heavy atom. The van der Waals surface area contributed by atoms with Gasteiger partial charge in [0.15, 0.2) is 0 Å². The molecular weight excluding hydrogens is 208 g/mol. The fraction of sp³-hybridized carbons (Fsp3) is 0.111. The Kier molecular flexibility index (Phi) is 2.49. The van der Waals surface area contributed by atoms with Gasteiger partial charge in [0.05, 0.1) is 5.88 Å². The molecule has 3 heteroatoms. The Morgan fingerprint density at radius 1 is 1.25 bits per heavy atom. The minimum Gasteiger partial charge on any atom is -0.152 e. The average Bonchev–Trinajstić information content (AvgIpc) is 2.75. The molecule has 0 saturated heterocycles. The predicted molar refractivity (Wildman–Crippen MR) is 57.2 cm³/mol. The van der Waals surface area contributed by atoms with Crippen LogP contribution in [-0.2, 0) is 5.88 Å². The first-order chi connectivity index (χ1) is 5.90. The summed E-state index contributed by atoms with van der Waals surface area (Å²) < 4.78 is 0. The van der Waals surface area contributed by atoms with Crippen LogP contribution in [0.5, 0.6) is 0 Å². The van der Waals surface area contributed by atoms with Crippen LogP contribution in [0.15, 0.2) is 28.3 Å². The number of hydrogen-bond acceptors (Lipinski definition) is 2. The number of hydrogen-bond donors (Lipinski definition) is 0. The minimum atomic E-state index is 0.620. The van der Waals surface area contributed by atoms with Gasteiger partial charge in [0.2, 0.25) is 0 Å². The molecule has 0 unspecified atom stereocenters. The molecule has 12 heavy (non-hydrogen) atoms. The maximum absolute atomic E-state index is 5.71. The standard InChI is InChI=1S/C9H7ClS2/c10-4-9-3-8(6-12-9)7-1-2-11-5-7/h1-3,5-6H,4H2. The van der Waals surface area contributed by atoms with Crippen LogP contribution in [0.1, 0.15) is 4.88 Å². The molecular formula is C9H7ClS2. The molecule has 0 N–H and O–H groups in total. The van der Waals surface area contributed by atoms with Crippen LogP contribution >= 0.6 is 34.3 Å². The SMILES string of the molecule is ClCc1cc(-c2ccsc2)cs1. The van der Waals surface area contributed by atoms with Gasteiger partial charge in [-0.2, -0.15) is 11.3 Å². The number of halogens is 1. The summed E-state index contributed by atoms with van der Waals surface area (Å²) in [6.07, 6.45) is 0. The van der Waals surface area contributed by atoms with Crippen LogP contribution in [0, 0.1) is 0 Å². The molecule has 0 aliphatic carbocycles. The highest BCUT2D eigenvalue weighted by Gasteiger charge is 2.00. The molecule has 0 spiro atoms. The second-order valence-electron chi connectivity index (χ2n) is 2.45. The molecule has 2 rings (SSSR count). The van der Waals surface area contributed by atoms with Gasteiger partial charge in [0, 0.05) is 4.88 Å². The van der Waals surface area contributed by atoms with E-state index >= 15 is 0 Å². The second kappa shape index (κ2) is 3.60. The first kappa shape index (κ1) is 8.30. The van der Waals surface area contributed by atoms with Gasteiger partial charge in [-0.05, 0) is 39.4 Å². The minimum absolute atomic E-state index is 0.620. The van der Waals surface area contributed by atoms with E-state index in [0.717, 1.165) is 0 Å². The number of thiophene rings is 2. The van der Waals surface area contributed by atoms with Crippen LogP contribution in [0.3, 0.4) is 0 Å². The van der Waals surface area contributed by atoms with Crippen LogP contribution in [0.2, 0.25) is 0 Å². The quantitative estimate of drug-likeness (QED) is 0.657. The van der Waals surface area contributed by atoms with Crippen molar-refractivity contribution in [3.63, 3.8) is 0 Å². The molecule has 0 saturated carbocycles. The normalized spacial score (nSPS) is 10.4. The third-order valence-corrected chi connectivity index (χ3v) is 3.71. The van der Waals surface area contributed by atoms with E-state index in [4.69, 9.17) is 11.6 Å². The lowest BCUT2D eigenvalue weighted by atomic mass is 10.2. The van der Waals surface area contributed by atoms with Crippen LogP contribution in [0.4, 0.5) is 0 Å². The van der Waals surface area contributed by atoms with Gasteiger partial charge in [-0.1, -0.05) is 0 Å². The zero-order chi connectivity index (χ0) is 8.39. The van der Waals surface area contributed by atoms with Crippen molar-refractivity contribution in [1.82, 2.24) is 0 Å². The zero-order valence-corrected chi connectivity index (χ0v) is 8.68. The van der Waals surface area contributed by atoms with Crippen molar-refractivity contribution in [3.05, 3.63) is 33.2 Å². The van der Waals surface area contributed by atoms with Gasteiger partial charge < -0.3 is 0 Å². The molecule has 2 heterocycles. The smallest absolute Gasteiger partial charge is 0.0568 e. The topological polar surface area (TPSA) is 0 Å². The summed E-state index contributed by atoms with van der Waals surface area (Å²) in [7, 11) is 0. The van der Waals surface area contributed by atoms with Crippen molar-refractivity contribution in [2.24, 2.45) is 0 Å². The first-order valence-corrected chi connectivity index (χ1v) is 5.92. The van der Waals surface area contributed by atoms with Gasteiger partial charge in [-0.25, -0.2) is 0 Å². The van der Waals surface area contributed by atoms with E-state index in [1.54, 1.807) is 22.7 Å². The largest absolute Gasteiger partial charge is 0.152 e. The van der Waals surface area contributed by atoms with E-state index in [-0.39, 0.29) is 0 Å². The maximum Gasteiger partial charge on any atom is 0.0568 e. The van der Waals surface area contributed by atoms with Crippen molar-refractivity contribution < 1.29 is 0 Å². The van der Waals surface area contributed by atoms with E-state index in [0.29, 0.717) is 5.88 Å². The molecule has 2 aromatic rings. The molecule has 0 nitrogen and oxygen atoms in total. The van der Waals surface area contributed by atoms with Crippen molar-refractivity contribution in [1.29, 1.82) is 0 Å². The Morgan fingerprint density at radius 3 is 2.75 bits per heavy atom. The average molecular weight is 215 g/mol. The predicted octanol–water partition coefficient (Wildman–Crippen LogP) is 4.22. The fourth-order valence-electron chi connectivity index (χ4n) is 1.03. The molecule has 0 aliphatic heterocycles. The van der Waals surface area contributed by atoms with Gasteiger partial charge in [-0.15, -0.1) is 22.9 Å². The lowest BCUT2D eigenvalue weighted by Gasteiger charge is -1.87. The fourth-order valence-corrected chi connectivity index (χ4v) is 2.70. The van der Waals surface area contributed by atoms with Crippen molar-refractivity contribution >= 4 is 34.3 Å². The summed E-state index contributed by atoms with van der Waals surface area (Å²) >= 11 is 9.16. The monoisotopic (exact) mass is 214 g/mol. The van der Waals surface area contributed by atoms with E-state index in [1.807, 2.05) is 0 Å². The van der Waals surface area contributed by atoms with Crippen molar-refractivity contribution in [2.75, 3.05) is 0 Å². The first-order valence-electron chi connectivity index (χ1n) is 3.56. The Labute approximate surface area is 84.4 Å². The second-order valence-corrected chi connectivity index (χ2v) is 4.49. The van der Waals surface area contributed by atoms with E-state index < -0.39 is 0 Å². The molecule has 62 valence electrons. The molecule has 0 radical (unpaired) electrons. The van der Waals surface area contributed by atoms with Gasteiger partial charge in [0.25, 0.3) is 0 Å². The van der Waals surface area contributed by atoms with E-state index in [9.17, 15) is 0 Å². The molecule has 0 aliphatic rings. The Hall–Kier alpha value is -0.310. The lowest BCUT2D eigenvalue weighted by molar-refractivity contribution is 1.53. The van der Waals surface area contributed by atoms with Gasteiger partial charge in [-0.3, -0.25) is 0 Å². The third-order valence-electron chi connectivity index (χ3n) is 1.64. The van der Waals surface area contributed by atoms with Gasteiger partial charge >= 0.3 is 0 Å². The molecule has 0 bridgehead atoms. The summed E-state index contributed by atoms with van der Waals surface area (Å²) in [6.45, 7) is 0. The summed E-state index contributed by atoms with van der Waals surface area (Å²) in [5.41, 5.74) is 2.59. The lowest BCUT2D eigenvalue weighted by Crippen LogP contribution is -1.65. The molecule has 0 aromatic carbocycles. The summed E-state index contributed by atoms with van der Waals surface area (Å²) in [5, 5.41) is 6.40. The molecule has 0 amide bonds. The van der Waals surface area contributed by atoms with Crippen LogP contribution < -0.4 is 0 Å². The van der Waals surface area contributed by atoms with E-state index in [2.05, 4.69) is 28.3 Å². The van der Waals surface area contributed by atoms with E-state index in [1.165, 1.54) is 16.0 Å². The molecule has 0 atom stereocenters. The van der Waals surface area contributed by atoms with Crippen LogP contribution in [-0.4, -0.2) is 0 Å². The Bertz CT molecular complexity index is 348. The highest BCUT2D eigenvalue weighted by atomic mass is 35.5. The van der Waals surface area contributed by atoms with Crippen molar-refractivity contribution in [3.8, 4) is 11.1 Å². The molecule has 2 aromatic heterocycles. The Balaban J connectivity index is 2.35. The third kappa shape index (κ3) is 1.56. The zero-order valence-electron chi connectivity index (χ0n) is 6.29. The number of rotatable bonds is 2. The highest BCUT2D eigenvalue weighted by molar-refractivity contribution is 7.10.